The summed E-state index contributed by atoms with van der Waals surface area (Å²) in [7, 11) is 0. The molecule has 1 atom stereocenters. The van der Waals surface area contributed by atoms with Crippen molar-refractivity contribution in [2.24, 2.45) is 0 Å². The Morgan fingerprint density at radius 3 is 3.05 bits per heavy atom. The fourth-order valence-electron chi connectivity index (χ4n) is 2.52. The van der Waals surface area contributed by atoms with E-state index in [4.69, 9.17) is 4.74 Å². The van der Waals surface area contributed by atoms with E-state index in [1.165, 1.54) is 0 Å². The number of carboxylic acid groups (broad SMARTS) is 1. The Balaban J connectivity index is 2.26. The second-order valence-corrected chi connectivity index (χ2v) is 5.46. The first-order valence-corrected chi connectivity index (χ1v) is 7.31. The van der Waals surface area contributed by atoms with Gasteiger partial charge in [0.25, 0.3) is 0 Å². The molecular weight excluding hydrogens is 310 g/mol. The number of aromatic carboxylic acids is 1. The van der Waals surface area contributed by atoms with Crippen molar-refractivity contribution in [3.63, 3.8) is 0 Å². The number of ether oxygens (including phenoxy) is 1. The summed E-state index contributed by atoms with van der Waals surface area (Å²) in [6.45, 7) is 4.31. The van der Waals surface area contributed by atoms with Gasteiger partial charge in [-0.05, 0) is 47.8 Å². The molecule has 2 rings (SSSR count). The van der Waals surface area contributed by atoms with E-state index < -0.39 is 5.97 Å². The van der Waals surface area contributed by atoms with Gasteiger partial charge in [-0.25, -0.2) is 4.79 Å². The maximum Gasteiger partial charge on any atom is 0.338 e. The maximum absolute atomic E-state index is 11.4. The smallest absolute Gasteiger partial charge is 0.338 e. The Kier molecular flexibility index (Phi) is 4.82. The van der Waals surface area contributed by atoms with Crippen LogP contribution >= 0.6 is 15.9 Å². The lowest BCUT2D eigenvalue weighted by molar-refractivity contribution is 0.0524. The largest absolute Gasteiger partial charge is 0.478 e. The minimum Gasteiger partial charge on any atom is -0.478 e. The van der Waals surface area contributed by atoms with Gasteiger partial charge in [0, 0.05) is 24.2 Å². The quantitative estimate of drug-likeness (QED) is 0.922. The topological polar surface area (TPSA) is 49.8 Å². The number of rotatable bonds is 4. The molecule has 1 aliphatic rings. The van der Waals surface area contributed by atoms with Crippen LogP contribution in [-0.2, 0) is 4.74 Å². The van der Waals surface area contributed by atoms with Crippen LogP contribution in [0.4, 0.5) is 5.69 Å². The average molecular weight is 328 g/mol. The molecule has 0 radical (unpaired) electrons. The first kappa shape index (κ1) is 14.3. The van der Waals surface area contributed by atoms with Crippen molar-refractivity contribution >= 4 is 27.6 Å². The number of carboxylic acids is 1. The minimum atomic E-state index is -0.902. The number of hydrogen-bond donors (Lipinski definition) is 1. The van der Waals surface area contributed by atoms with Crippen molar-refractivity contribution in [2.45, 2.75) is 25.9 Å². The molecule has 0 aromatic heterocycles. The Morgan fingerprint density at radius 2 is 2.37 bits per heavy atom. The van der Waals surface area contributed by atoms with Gasteiger partial charge in [-0.3, -0.25) is 0 Å². The molecule has 0 aliphatic carbocycles. The van der Waals surface area contributed by atoms with E-state index in [0.717, 1.165) is 31.6 Å². The molecule has 1 N–H and O–H groups in total. The first-order chi connectivity index (χ1) is 9.13. The molecule has 5 heteroatoms. The molecule has 1 aromatic rings. The monoisotopic (exact) mass is 327 g/mol. The van der Waals surface area contributed by atoms with Crippen molar-refractivity contribution in [1.29, 1.82) is 0 Å². The van der Waals surface area contributed by atoms with Gasteiger partial charge in [-0.2, -0.15) is 0 Å². The van der Waals surface area contributed by atoms with Crippen LogP contribution in [0.5, 0.6) is 0 Å². The number of carbonyl (C=O) groups is 1. The van der Waals surface area contributed by atoms with Crippen molar-refractivity contribution < 1.29 is 14.6 Å². The van der Waals surface area contributed by atoms with Crippen molar-refractivity contribution in [3.05, 3.63) is 28.2 Å². The molecule has 4 nitrogen and oxygen atoms in total. The van der Waals surface area contributed by atoms with Gasteiger partial charge in [0.2, 0.25) is 0 Å². The lowest BCUT2D eigenvalue weighted by Crippen LogP contribution is -2.40. The Hall–Kier alpha value is -1.07. The molecule has 0 amide bonds. The summed E-state index contributed by atoms with van der Waals surface area (Å²) >= 11 is 3.32. The van der Waals surface area contributed by atoms with E-state index in [2.05, 4.69) is 20.8 Å². The predicted molar refractivity (Wildman–Crippen MR) is 78.0 cm³/mol. The summed E-state index contributed by atoms with van der Waals surface area (Å²) in [5.41, 5.74) is 1.10. The fourth-order valence-corrected chi connectivity index (χ4v) is 3.04. The molecule has 0 saturated carbocycles. The molecule has 0 spiro atoms. The second-order valence-electron chi connectivity index (χ2n) is 4.60. The van der Waals surface area contributed by atoms with Gasteiger partial charge in [-0.15, -0.1) is 0 Å². The molecule has 1 saturated heterocycles. The van der Waals surface area contributed by atoms with E-state index in [-0.39, 0.29) is 6.10 Å². The SMILES string of the molecule is CCOC1CCCN(c2cccc(Br)c2C(=O)O)C1. The van der Waals surface area contributed by atoms with Crippen LogP contribution in [0.2, 0.25) is 0 Å². The third-order valence-electron chi connectivity index (χ3n) is 3.33. The number of nitrogens with zero attached hydrogens (tertiary/aromatic N) is 1. The van der Waals surface area contributed by atoms with Crippen LogP contribution in [0.1, 0.15) is 30.1 Å². The highest BCUT2D eigenvalue weighted by atomic mass is 79.9. The Bertz CT molecular complexity index is 462. The van der Waals surface area contributed by atoms with E-state index in [0.29, 0.717) is 16.6 Å². The molecule has 1 aromatic carbocycles. The van der Waals surface area contributed by atoms with Crippen LogP contribution in [0.15, 0.2) is 22.7 Å². The molecule has 19 heavy (non-hydrogen) atoms. The summed E-state index contributed by atoms with van der Waals surface area (Å²) in [4.78, 5) is 13.5. The molecule has 1 unspecified atom stereocenters. The van der Waals surface area contributed by atoms with E-state index in [9.17, 15) is 9.90 Å². The van der Waals surface area contributed by atoms with Crippen LogP contribution in [0, 0.1) is 0 Å². The average Bonchev–Trinajstić information content (AvgIpc) is 2.38. The van der Waals surface area contributed by atoms with Crippen LogP contribution < -0.4 is 4.90 Å². The van der Waals surface area contributed by atoms with Gasteiger partial charge in [0.05, 0.1) is 17.4 Å². The normalized spacial score (nSPS) is 19.5. The number of halogens is 1. The second kappa shape index (κ2) is 6.39. The van der Waals surface area contributed by atoms with Crippen LogP contribution in [0.25, 0.3) is 0 Å². The maximum atomic E-state index is 11.4. The Morgan fingerprint density at radius 1 is 1.58 bits per heavy atom. The summed E-state index contributed by atoms with van der Waals surface area (Å²) in [5.74, 6) is -0.902. The van der Waals surface area contributed by atoms with Crippen molar-refractivity contribution in [1.82, 2.24) is 0 Å². The number of anilines is 1. The third-order valence-corrected chi connectivity index (χ3v) is 3.99. The third kappa shape index (κ3) is 3.28. The van der Waals surface area contributed by atoms with E-state index in [1.54, 1.807) is 6.07 Å². The molecule has 104 valence electrons. The minimum absolute atomic E-state index is 0.194. The molecule has 1 aliphatic heterocycles. The lowest BCUT2D eigenvalue weighted by atomic mass is 10.1. The lowest BCUT2D eigenvalue weighted by Gasteiger charge is -2.35. The van der Waals surface area contributed by atoms with E-state index >= 15 is 0 Å². The number of benzene rings is 1. The molecule has 1 fully saturated rings. The Labute approximate surface area is 121 Å². The highest BCUT2D eigenvalue weighted by Crippen LogP contribution is 2.30. The summed E-state index contributed by atoms with van der Waals surface area (Å²) < 4.78 is 6.29. The van der Waals surface area contributed by atoms with Crippen molar-refractivity contribution in [2.75, 3.05) is 24.6 Å². The fraction of sp³-hybridized carbons (Fsp3) is 0.500. The summed E-state index contributed by atoms with van der Waals surface area (Å²) in [6, 6.07) is 5.50. The zero-order chi connectivity index (χ0) is 13.8. The van der Waals surface area contributed by atoms with Crippen molar-refractivity contribution in [3.8, 4) is 0 Å². The van der Waals surface area contributed by atoms with Crippen LogP contribution in [0.3, 0.4) is 0 Å². The van der Waals surface area contributed by atoms with Gasteiger partial charge in [0.1, 0.15) is 0 Å². The van der Waals surface area contributed by atoms with E-state index in [1.807, 2.05) is 19.1 Å². The summed E-state index contributed by atoms with van der Waals surface area (Å²) in [5, 5.41) is 9.36. The van der Waals surface area contributed by atoms with Gasteiger partial charge in [-0.1, -0.05) is 6.07 Å². The van der Waals surface area contributed by atoms with Gasteiger partial charge in [0.15, 0.2) is 0 Å². The molecule has 0 bridgehead atoms. The van der Waals surface area contributed by atoms with Crippen LogP contribution in [-0.4, -0.2) is 36.9 Å². The zero-order valence-electron chi connectivity index (χ0n) is 10.9. The first-order valence-electron chi connectivity index (χ1n) is 6.51. The predicted octanol–water partition coefficient (Wildman–Crippen LogP) is 3.15. The number of piperidine rings is 1. The van der Waals surface area contributed by atoms with Gasteiger partial charge < -0.3 is 14.7 Å². The highest BCUT2D eigenvalue weighted by molar-refractivity contribution is 9.10. The summed E-state index contributed by atoms with van der Waals surface area (Å²) in [6.07, 6.45) is 2.26. The van der Waals surface area contributed by atoms with Gasteiger partial charge >= 0.3 is 5.97 Å². The standard InChI is InChI=1S/C14H18BrNO3/c1-2-19-10-5-4-8-16(9-10)12-7-3-6-11(15)13(12)14(17)18/h3,6-7,10H,2,4-5,8-9H2,1H3,(H,17,18). The zero-order valence-corrected chi connectivity index (χ0v) is 12.5. The highest BCUT2D eigenvalue weighted by Gasteiger charge is 2.24. The number of hydrogen-bond acceptors (Lipinski definition) is 3. The molecular formula is C14H18BrNO3. The molecule has 1 heterocycles.